The van der Waals surface area contributed by atoms with Crippen molar-refractivity contribution in [2.45, 2.75) is 52.9 Å². The van der Waals surface area contributed by atoms with Gasteiger partial charge in [0.1, 0.15) is 23.8 Å². The van der Waals surface area contributed by atoms with Crippen LogP contribution in [0, 0.1) is 5.82 Å². The van der Waals surface area contributed by atoms with Crippen LogP contribution in [0.25, 0.3) is 11.3 Å². The number of halogens is 1. The minimum Gasteiger partial charge on any atom is -0.489 e. The van der Waals surface area contributed by atoms with E-state index in [-0.39, 0.29) is 12.5 Å². The number of hydrogen-bond donors (Lipinski definition) is 0. The van der Waals surface area contributed by atoms with Crippen LogP contribution in [0.15, 0.2) is 48.7 Å². The highest BCUT2D eigenvalue weighted by atomic mass is 19.1. The number of hydrogen-bond acceptors (Lipinski definition) is 5. The Hall–Kier alpha value is -3.68. The van der Waals surface area contributed by atoms with Crippen molar-refractivity contribution in [2.75, 3.05) is 6.54 Å². The predicted molar refractivity (Wildman–Crippen MR) is 125 cm³/mol. The highest BCUT2D eigenvalue weighted by Gasteiger charge is 2.27. The zero-order valence-corrected chi connectivity index (χ0v) is 19.8. The van der Waals surface area contributed by atoms with E-state index in [1.165, 1.54) is 18.3 Å². The van der Waals surface area contributed by atoms with E-state index in [2.05, 4.69) is 5.10 Å². The second-order valence-corrected chi connectivity index (χ2v) is 9.27. The van der Waals surface area contributed by atoms with E-state index in [0.717, 1.165) is 16.7 Å². The molecule has 0 radical (unpaired) electrons. The molecule has 1 aromatic heterocycles. The van der Waals surface area contributed by atoms with Gasteiger partial charge < -0.3 is 14.4 Å². The normalized spacial score (nSPS) is 13.2. The van der Waals surface area contributed by atoms with Crippen molar-refractivity contribution < 1.29 is 23.5 Å². The van der Waals surface area contributed by atoms with Gasteiger partial charge in [0, 0.05) is 36.0 Å². The number of fused-ring (bicyclic) bond motifs is 1. The Kier molecular flexibility index (Phi) is 6.41. The first-order chi connectivity index (χ1) is 16.1. The Labute approximate surface area is 198 Å². The van der Waals surface area contributed by atoms with Crippen molar-refractivity contribution in [3.05, 3.63) is 71.2 Å². The van der Waals surface area contributed by atoms with Crippen LogP contribution in [0.5, 0.6) is 5.75 Å². The van der Waals surface area contributed by atoms with Crippen LogP contribution < -0.4 is 4.74 Å². The Morgan fingerprint density at radius 1 is 1.18 bits per heavy atom. The molecule has 1 aliphatic heterocycles. The Morgan fingerprint density at radius 2 is 1.97 bits per heavy atom. The summed E-state index contributed by atoms with van der Waals surface area (Å²) < 4.78 is 26.4. The van der Waals surface area contributed by atoms with Gasteiger partial charge >= 0.3 is 6.09 Å². The SMILES string of the molecule is CCCN1Cc2cc(OCc3cn(C(=O)OC(C)(C)C)nc3-c3cccc(F)c3)ccc2C1=O. The first-order valence-electron chi connectivity index (χ1n) is 11.3. The monoisotopic (exact) mass is 465 g/mol. The van der Waals surface area contributed by atoms with Gasteiger partial charge in [-0.1, -0.05) is 19.1 Å². The van der Waals surface area contributed by atoms with Crippen LogP contribution >= 0.6 is 0 Å². The van der Waals surface area contributed by atoms with Crippen molar-refractivity contribution in [1.82, 2.24) is 14.7 Å². The van der Waals surface area contributed by atoms with Crippen LogP contribution in [0.2, 0.25) is 0 Å². The summed E-state index contributed by atoms with van der Waals surface area (Å²) in [5.41, 5.74) is 2.48. The number of carbonyl (C=O) groups excluding carboxylic acids is 2. The summed E-state index contributed by atoms with van der Waals surface area (Å²) in [7, 11) is 0. The van der Waals surface area contributed by atoms with Gasteiger partial charge in [-0.3, -0.25) is 4.79 Å². The zero-order valence-electron chi connectivity index (χ0n) is 19.8. The molecule has 0 unspecified atom stereocenters. The minimum atomic E-state index is -0.688. The molecule has 0 fully saturated rings. The average molecular weight is 466 g/mol. The van der Waals surface area contributed by atoms with E-state index in [0.29, 0.717) is 41.2 Å². The molecule has 7 nitrogen and oxygen atoms in total. The summed E-state index contributed by atoms with van der Waals surface area (Å²) in [5.74, 6) is 0.228. The van der Waals surface area contributed by atoms with Crippen LogP contribution in [-0.2, 0) is 17.9 Å². The average Bonchev–Trinajstić information content (AvgIpc) is 3.33. The summed E-state index contributed by atoms with van der Waals surface area (Å²) in [6.45, 7) is 8.72. The van der Waals surface area contributed by atoms with Gasteiger partial charge in [0.05, 0.1) is 5.69 Å². The van der Waals surface area contributed by atoms with Crippen LogP contribution in [-0.4, -0.2) is 38.8 Å². The molecular weight excluding hydrogens is 437 g/mol. The van der Waals surface area contributed by atoms with Crippen molar-refractivity contribution >= 4 is 12.0 Å². The summed E-state index contributed by atoms with van der Waals surface area (Å²) in [5, 5.41) is 4.36. The molecule has 3 aromatic rings. The molecule has 8 heteroatoms. The number of rotatable bonds is 6. The highest BCUT2D eigenvalue weighted by Crippen LogP contribution is 2.29. The van der Waals surface area contributed by atoms with Crippen molar-refractivity contribution in [1.29, 1.82) is 0 Å². The standard InChI is InChI=1S/C26H28FN3O4/c1-5-11-29-14-18-13-21(9-10-22(18)24(29)31)33-16-19-15-30(25(32)34-26(2,3)4)28-23(19)17-7-6-8-20(27)12-17/h6-10,12-13,15H,5,11,14,16H2,1-4H3. The third kappa shape index (κ3) is 5.11. The molecule has 34 heavy (non-hydrogen) atoms. The van der Waals surface area contributed by atoms with Crippen molar-refractivity contribution in [3.8, 4) is 17.0 Å². The molecular formula is C26H28FN3O4. The number of amides is 1. The maximum absolute atomic E-state index is 13.9. The summed E-state index contributed by atoms with van der Waals surface area (Å²) in [4.78, 5) is 26.9. The summed E-state index contributed by atoms with van der Waals surface area (Å²) in [6, 6.07) is 11.4. The van der Waals surface area contributed by atoms with Crippen LogP contribution in [0.4, 0.5) is 9.18 Å². The first kappa shape index (κ1) is 23.5. The molecule has 0 bridgehead atoms. The quantitative estimate of drug-likeness (QED) is 0.486. The van der Waals surface area contributed by atoms with Crippen LogP contribution in [0.3, 0.4) is 0 Å². The van der Waals surface area contributed by atoms with Crippen LogP contribution in [0.1, 0.15) is 55.6 Å². The van der Waals surface area contributed by atoms with Gasteiger partial charge in [0.15, 0.2) is 0 Å². The van der Waals surface area contributed by atoms with Gasteiger partial charge in [0.2, 0.25) is 0 Å². The summed E-state index contributed by atoms with van der Waals surface area (Å²) >= 11 is 0. The molecule has 178 valence electrons. The molecule has 2 heterocycles. The van der Waals surface area contributed by atoms with Gasteiger partial charge in [-0.2, -0.15) is 9.78 Å². The van der Waals surface area contributed by atoms with Crippen molar-refractivity contribution in [3.63, 3.8) is 0 Å². The van der Waals surface area contributed by atoms with E-state index >= 15 is 0 Å². The number of aromatic nitrogens is 2. The first-order valence-corrected chi connectivity index (χ1v) is 11.3. The Balaban J connectivity index is 1.58. The second-order valence-electron chi connectivity index (χ2n) is 9.27. The lowest BCUT2D eigenvalue weighted by molar-refractivity contribution is 0.0514. The molecule has 0 spiro atoms. The third-order valence-electron chi connectivity index (χ3n) is 5.31. The number of nitrogens with zero attached hydrogens (tertiary/aromatic N) is 3. The molecule has 0 saturated carbocycles. The molecule has 0 aliphatic carbocycles. The molecule has 0 saturated heterocycles. The smallest absolute Gasteiger partial charge is 0.435 e. The molecule has 0 N–H and O–H groups in total. The van der Waals surface area contributed by atoms with E-state index in [1.807, 2.05) is 17.9 Å². The maximum Gasteiger partial charge on any atom is 0.435 e. The maximum atomic E-state index is 13.9. The third-order valence-corrected chi connectivity index (χ3v) is 5.31. The van der Waals surface area contributed by atoms with E-state index < -0.39 is 17.5 Å². The zero-order chi connectivity index (χ0) is 24.5. The molecule has 1 aliphatic rings. The van der Waals surface area contributed by atoms with E-state index in [1.54, 1.807) is 45.0 Å². The van der Waals surface area contributed by atoms with Gasteiger partial charge in [-0.25, -0.2) is 9.18 Å². The Morgan fingerprint density at radius 3 is 2.68 bits per heavy atom. The topological polar surface area (TPSA) is 73.7 Å². The lowest BCUT2D eigenvalue weighted by Gasteiger charge is -2.18. The molecule has 1 amide bonds. The molecule has 0 atom stereocenters. The number of ether oxygens (including phenoxy) is 2. The Bertz CT molecular complexity index is 1230. The lowest BCUT2D eigenvalue weighted by atomic mass is 10.1. The number of carbonyl (C=O) groups is 2. The molecule has 4 rings (SSSR count). The fraction of sp³-hybridized carbons (Fsp3) is 0.346. The van der Waals surface area contributed by atoms with Gasteiger partial charge in [-0.05, 0) is 63.1 Å². The highest BCUT2D eigenvalue weighted by molar-refractivity contribution is 5.98. The predicted octanol–water partition coefficient (Wildman–Crippen LogP) is 5.42. The van der Waals surface area contributed by atoms with E-state index in [4.69, 9.17) is 9.47 Å². The van der Waals surface area contributed by atoms with Crippen molar-refractivity contribution in [2.24, 2.45) is 0 Å². The second kappa shape index (κ2) is 9.29. The minimum absolute atomic E-state index is 0.0374. The van der Waals surface area contributed by atoms with E-state index in [9.17, 15) is 14.0 Å². The summed E-state index contributed by atoms with van der Waals surface area (Å²) in [6.07, 6.45) is 1.80. The fourth-order valence-electron chi connectivity index (χ4n) is 3.86. The lowest BCUT2D eigenvalue weighted by Crippen LogP contribution is -2.27. The molecule has 2 aromatic carbocycles. The van der Waals surface area contributed by atoms with Gasteiger partial charge in [0.25, 0.3) is 5.91 Å². The number of benzene rings is 2. The largest absolute Gasteiger partial charge is 0.489 e. The fourth-order valence-corrected chi connectivity index (χ4v) is 3.86. The van der Waals surface area contributed by atoms with Gasteiger partial charge in [-0.15, -0.1) is 0 Å².